The number of pyridine rings is 1. The summed E-state index contributed by atoms with van der Waals surface area (Å²) in [7, 11) is 2.09. The van der Waals surface area contributed by atoms with Crippen LogP contribution in [0.25, 0.3) is 16.6 Å². The molecule has 5 aromatic rings. The van der Waals surface area contributed by atoms with Crippen molar-refractivity contribution in [3.8, 4) is 0 Å². The van der Waals surface area contributed by atoms with Gasteiger partial charge in [0, 0.05) is 54.6 Å². The molecule has 0 N–H and O–H groups in total. The lowest BCUT2D eigenvalue weighted by molar-refractivity contribution is 0.0664. The van der Waals surface area contributed by atoms with E-state index < -0.39 is 0 Å². The average Bonchev–Trinajstić information content (AvgIpc) is 3.30. The maximum Gasteiger partial charge on any atom is 0.253 e. The molecule has 180 valence electrons. The number of hydrogen-bond acceptors (Lipinski definition) is 7. The minimum absolute atomic E-state index is 0.0839. The van der Waals surface area contributed by atoms with Gasteiger partial charge in [-0.25, -0.2) is 0 Å². The minimum Gasteiger partial charge on any atom is -0.336 e. The van der Waals surface area contributed by atoms with E-state index in [0.717, 1.165) is 58.4 Å². The summed E-state index contributed by atoms with van der Waals surface area (Å²) in [6.07, 6.45) is 2.41. The zero-order valence-electron chi connectivity index (χ0n) is 19.9. The van der Waals surface area contributed by atoms with Gasteiger partial charge in [-0.05, 0) is 61.1 Å². The standard InChI is InChI=1S/C27H25N7OS/c1-32-12-14-33(15-13-32)27(35)21-4-2-6-22(18-21)36-26-10-9-24-29-30-25(34(24)31-26)17-19-7-8-23-20(16-19)5-3-11-28-23/h2-11,16,18H,12-15,17H2,1H3. The second-order valence-corrected chi connectivity index (χ2v) is 10.1. The fraction of sp³-hybridized carbons (Fsp3) is 0.222. The Kier molecular flexibility index (Phi) is 6.08. The number of piperazine rings is 1. The summed E-state index contributed by atoms with van der Waals surface area (Å²) in [6.45, 7) is 3.33. The lowest BCUT2D eigenvalue weighted by Crippen LogP contribution is -2.47. The van der Waals surface area contributed by atoms with Crippen LogP contribution in [0.3, 0.4) is 0 Å². The van der Waals surface area contributed by atoms with Gasteiger partial charge in [0.15, 0.2) is 11.5 Å². The number of nitrogens with zero attached hydrogens (tertiary/aromatic N) is 7. The molecule has 2 aromatic carbocycles. The van der Waals surface area contributed by atoms with Gasteiger partial charge in [0.05, 0.1) is 5.52 Å². The summed E-state index contributed by atoms with van der Waals surface area (Å²) in [4.78, 5) is 22.5. The highest BCUT2D eigenvalue weighted by Crippen LogP contribution is 2.27. The molecule has 1 fully saturated rings. The molecule has 36 heavy (non-hydrogen) atoms. The third kappa shape index (κ3) is 4.67. The number of likely N-dealkylation sites (N-methyl/N-ethyl adjacent to an activating group) is 1. The van der Waals surface area contributed by atoms with E-state index in [9.17, 15) is 4.79 Å². The number of benzene rings is 2. The number of fused-ring (bicyclic) bond motifs is 2. The predicted molar refractivity (Wildman–Crippen MR) is 139 cm³/mol. The van der Waals surface area contributed by atoms with Crippen LogP contribution in [0.2, 0.25) is 0 Å². The van der Waals surface area contributed by atoms with Crippen molar-refractivity contribution in [1.82, 2.24) is 34.6 Å². The van der Waals surface area contributed by atoms with E-state index in [2.05, 4.69) is 45.3 Å². The van der Waals surface area contributed by atoms with Gasteiger partial charge >= 0.3 is 0 Å². The van der Waals surface area contributed by atoms with Crippen molar-refractivity contribution in [3.63, 3.8) is 0 Å². The van der Waals surface area contributed by atoms with E-state index in [4.69, 9.17) is 5.10 Å². The third-order valence-corrected chi connectivity index (χ3v) is 7.34. The largest absolute Gasteiger partial charge is 0.336 e. The third-order valence-electron chi connectivity index (χ3n) is 6.43. The van der Waals surface area contributed by atoms with Crippen molar-refractivity contribution in [1.29, 1.82) is 0 Å². The number of amides is 1. The maximum absolute atomic E-state index is 13.0. The van der Waals surface area contributed by atoms with Crippen molar-refractivity contribution < 1.29 is 4.79 Å². The first kappa shape index (κ1) is 22.6. The average molecular weight is 496 g/mol. The highest BCUT2D eigenvalue weighted by molar-refractivity contribution is 7.99. The van der Waals surface area contributed by atoms with Crippen LogP contribution in [0.4, 0.5) is 0 Å². The fourth-order valence-corrected chi connectivity index (χ4v) is 5.24. The summed E-state index contributed by atoms with van der Waals surface area (Å²) in [5.74, 6) is 0.857. The van der Waals surface area contributed by atoms with Crippen LogP contribution in [0.1, 0.15) is 21.7 Å². The first-order chi connectivity index (χ1) is 17.6. The summed E-state index contributed by atoms with van der Waals surface area (Å²) in [5, 5.41) is 15.4. The van der Waals surface area contributed by atoms with Crippen LogP contribution in [-0.2, 0) is 6.42 Å². The summed E-state index contributed by atoms with van der Waals surface area (Å²) in [5.41, 5.74) is 3.51. The quantitative estimate of drug-likeness (QED) is 0.367. The number of aromatic nitrogens is 5. The zero-order valence-corrected chi connectivity index (χ0v) is 20.7. The first-order valence-electron chi connectivity index (χ1n) is 11.9. The molecular weight excluding hydrogens is 470 g/mol. The smallest absolute Gasteiger partial charge is 0.253 e. The van der Waals surface area contributed by atoms with Crippen LogP contribution >= 0.6 is 11.8 Å². The van der Waals surface area contributed by atoms with Crippen molar-refractivity contribution in [2.75, 3.05) is 33.2 Å². The molecule has 4 heterocycles. The van der Waals surface area contributed by atoms with Gasteiger partial charge in [-0.3, -0.25) is 9.78 Å². The molecule has 9 heteroatoms. The molecular formula is C27H25N7OS. The molecule has 1 aliphatic rings. The van der Waals surface area contributed by atoms with E-state index >= 15 is 0 Å². The SMILES string of the molecule is CN1CCN(C(=O)c2cccc(Sc3ccc4nnc(Cc5ccc6ncccc6c5)n4n3)c2)CC1. The van der Waals surface area contributed by atoms with Gasteiger partial charge < -0.3 is 9.80 Å². The molecule has 1 aliphatic heterocycles. The van der Waals surface area contributed by atoms with E-state index in [1.165, 1.54) is 11.8 Å². The van der Waals surface area contributed by atoms with Gasteiger partial charge in [0.1, 0.15) is 5.03 Å². The Morgan fingerprint density at radius 3 is 2.72 bits per heavy atom. The molecule has 0 unspecified atom stereocenters. The number of carbonyl (C=O) groups excluding carboxylic acids is 1. The van der Waals surface area contributed by atoms with Gasteiger partial charge in [0.2, 0.25) is 0 Å². The molecule has 0 spiro atoms. The monoisotopic (exact) mass is 495 g/mol. The Bertz CT molecular complexity index is 1560. The Hall–Kier alpha value is -3.82. The van der Waals surface area contributed by atoms with Gasteiger partial charge in [0.25, 0.3) is 5.91 Å². The van der Waals surface area contributed by atoms with Crippen LogP contribution < -0.4 is 0 Å². The number of carbonyl (C=O) groups is 1. The second-order valence-electron chi connectivity index (χ2n) is 8.99. The molecule has 1 amide bonds. The molecule has 0 bridgehead atoms. The molecule has 1 saturated heterocycles. The predicted octanol–water partition coefficient (Wildman–Crippen LogP) is 3.80. The van der Waals surface area contributed by atoms with Crippen molar-refractivity contribution >= 4 is 34.2 Å². The lowest BCUT2D eigenvalue weighted by Gasteiger charge is -2.32. The Balaban J connectivity index is 1.22. The van der Waals surface area contributed by atoms with Crippen molar-refractivity contribution in [2.45, 2.75) is 16.3 Å². The lowest BCUT2D eigenvalue weighted by atomic mass is 10.1. The second kappa shape index (κ2) is 9.67. The van der Waals surface area contributed by atoms with Crippen LogP contribution in [0.5, 0.6) is 0 Å². The van der Waals surface area contributed by atoms with Gasteiger partial charge in [-0.2, -0.15) is 9.61 Å². The van der Waals surface area contributed by atoms with E-state index in [1.54, 1.807) is 10.7 Å². The molecule has 0 atom stereocenters. The number of rotatable bonds is 5. The molecule has 3 aromatic heterocycles. The zero-order chi connectivity index (χ0) is 24.5. The summed E-state index contributed by atoms with van der Waals surface area (Å²) in [6, 6.07) is 21.9. The molecule has 0 aliphatic carbocycles. The molecule has 8 nitrogen and oxygen atoms in total. The van der Waals surface area contributed by atoms with Crippen molar-refractivity contribution in [3.05, 3.63) is 89.9 Å². The normalized spacial score (nSPS) is 14.5. The Labute approximate surface area is 213 Å². The van der Waals surface area contributed by atoms with Gasteiger partial charge in [-0.1, -0.05) is 30.0 Å². The highest BCUT2D eigenvalue weighted by Gasteiger charge is 2.20. The highest BCUT2D eigenvalue weighted by atomic mass is 32.2. The number of hydrogen-bond donors (Lipinski definition) is 0. The first-order valence-corrected chi connectivity index (χ1v) is 12.7. The molecule has 0 saturated carbocycles. The maximum atomic E-state index is 13.0. The molecule has 0 radical (unpaired) electrons. The van der Waals surface area contributed by atoms with Gasteiger partial charge in [-0.15, -0.1) is 10.2 Å². The summed E-state index contributed by atoms with van der Waals surface area (Å²) >= 11 is 1.53. The minimum atomic E-state index is 0.0839. The van der Waals surface area contributed by atoms with Crippen LogP contribution in [0.15, 0.2) is 82.8 Å². The topological polar surface area (TPSA) is 79.5 Å². The van der Waals surface area contributed by atoms with E-state index in [0.29, 0.717) is 17.6 Å². The Morgan fingerprint density at radius 1 is 0.944 bits per heavy atom. The van der Waals surface area contributed by atoms with Crippen LogP contribution in [0, 0.1) is 0 Å². The fourth-order valence-electron chi connectivity index (χ4n) is 4.40. The van der Waals surface area contributed by atoms with Crippen LogP contribution in [-0.4, -0.2) is 73.7 Å². The molecule has 6 rings (SSSR count). The Morgan fingerprint density at radius 2 is 1.83 bits per heavy atom. The summed E-state index contributed by atoms with van der Waals surface area (Å²) < 4.78 is 1.80. The van der Waals surface area contributed by atoms with E-state index in [-0.39, 0.29) is 5.91 Å². The van der Waals surface area contributed by atoms with Crippen molar-refractivity contribution in [2.24, 2.45) is 0 Å². The van der Waals surface area contributed by atoms with E-state index in [1.807, 2.05) is 53.4 Å².